The third-order valence-corrected chi connectivity index (χ3v) is 2.43. The number of Topliss-reactive ketones (excluding diaryl/α,β-unsaturated/α-hetero) is 1. The van der Waals surface area contributed by atoms with Crippen molar-refractivity contribution in [1.29, 1.82) is 0 Å². The number of ketones is 1. The molecular weight excluding hydrogens is 188 g/mol. The van der Waals surface area contributed by atoms with Gasteiger partial charge in [0, 0.05) is 11.0 Å². The smallest absolute Gasteiger partial charge is 0.168 e. The first-order valence-corrected chi connectivity index (χ1v) is 5.08. The van der Waals surface area contributed by atoms with Crippen LogP contribution in [-0.4, -0.2) is 10.9 Å². The van der Waals surface area contributed by atoms with E-state index in [9.17, 15) is 9.90 Å². The Morgan fingerprint density at radius 1 is 1.13 bits per heavy atom. The van der Waals surface area contributed by atoms with Crippen LogP contribution in [0.1, 0.15) is 42.3 Å². The summed E-state index contributed by atoms with van der Waals surface area (Å²) in [6, 6.07) is 3.49. The predicted molar refractivity (Wildman–Crippen MR) is 61.4 cm³/mol. The number of carbonyl (C=O) groups excluding carboxylic acids is 1. The Morgan fingerprint density at radius 2 is 1.53 bits per heavy atom. The van der Waals surface area contributed by atoms with Gasteiger partial charge in [-0.3, -0.25) is 4.79 Å². The lowest BCUT2D eigenvalue weighted by Crippen LogP contribution is -2.20. The van der Waals surface area contributed by atoms with Crippen molar-refractivity contribution in [2.75, 3.05) is 0 Å². The van der Waals surface area contributed by atoms with E-state index >= 15 is 0 Å². The molecule has 0 radical (unpaired) electrons. The van der Waals surface area contributed by atoms with Crippen LogP contribution in [0.25, 0.3) is 0 Å². The van der Waals surface area contributed by atoms with Gasteiger partial charge in [0.15, 0.2) is 5.78 Å². The number of hydrogen-bond acceptors (Lipinski definition) is 2. The summed E-state index contributed by atoms with van der Waals surface area (Å²) in [5, 5.41) is 9.60. The number of benzene rings is 1. The third-order valence-electron chi connectivity index (χ3n) is 2.43. The Bertz CT molecular complexity index is 374. The Balaban J connectivity index is 3.24. The van der Waals surface area contributed by atoms with Crippen LogP contribution in [0.3, 0.4) is 0 Å². The largest absolute Gasteiger partial charge is 0.507 e. The quantitative estimate of drug-likeness (QED) is 0.716. The third kappa shape index (κ3) is 2.38. The standard InChI is InChI=1S/C13H18O2/c1-8-6-10(7-9(2)11(8)14)12(15)13(3,4)5/h6-7,14H,1-5H3. The normalized spacial score (nSPS) is 11.5. The van der Waals surface area contributed by atoms with Gasteiger partial charge in [-0.1, -0.05) is 20.8 Å². The molecule has 0 atom stereocenters. The van der Waals surface area contributed by atoms with E-state index in [1.165, 1.54) is 0 Å². The highest BCUT2D eigenvalue weighted by atomic mass is 16.3. The van der Waals surface area contributed by atoms with E-state index < -0.39 is 0 Å². The second-order valence-electron chi connectivity index (χ2n) is 5.04. The van der Waals surface area contributed by atoms with E-state index in [-0.39, 0.29) is 16.9 Å². The summed E-state index contributed by atoms with van der Waals surface area (Å²) in [6.07, 6.45) is 0. The maximum Gasteiger partial charge on any atom is 0.168 e. The van der Waals surface area contributed by atoms with Gasteiger partial charge in [0.05, 0.1) is 0 Å². The summed E-state index contributed by atoms with van der Waals surface area (Å²) in [5.41, 5.74) is 1.80. The molecule has 1 N–H and O–H groups in total. The van der Waals surface area contributed by atoms with E-state index in [4.69, 9.17) is 0 Å². The Hall–Kier alpha value is -1.31. The highest BCUT2D eigenvalue weighted by Gasteiger charge is 2.23. The van der Waals surface area contributed by atoms with E-state index in [2.05, 4.69) is 0 Å². The summed E-state index contributed by atoms with van der Waals surface area (Å²) in [5.74, 6) is 0.383. The topological polar surface area (TPSA) is 37.3 Å². The molecule has 0 unspecified atom stereocenters. The molecule has 82 valence electrons. The molecule has 1 rings (SSSR count). The molecule has 0 amide bonds. The first-order valence-electron chi connectivity index (χ1n) is 5.08. The first-order chi connectivity index (χ1) is 6.73. The van der Waals surface area contributed by atoms with Crippen LogP contribution in [0.4, 0.5) is 0 Å². The number of carbonyl (C=O) groups is 1. The molecule has 15 heavy (non-hydrogen) atoms. The molecule has 0 saturated carbocycles. The molecule has 0 aliphatic carbocycles. The van der Waals surface area contributed by atoms with Gasteiger partial charge in [0.25, 0.3) is 0 Å². The molecule has 0 aliphatic rings. The second-order valence-corrected chi connectivity index (χ2v) is 5.04. The van der Waals surface area contributed by atoms with Crippen LogP contribution < -0.4 is 0 Å². The monoisotopic (exact) mass is 206 g/mol. The molecule has 0 fully saturated rings. The highest BCUT2D eigenvalue weighted by molar-refractivity contribution is 6.00. The van der Waals surface area contributed by atoms with Crippen LogP contribution >= 0.6 is 0 Å². The molecule has 0 aliphatic heterocycles. The lowest BCUT2D eigenvalue weighted by Gasteiger charge is -2.17. The fourth-order valence-corrected chi connectivity index (χ4v) is 1.52. The first kappa shape index (κ1) is 11.8. The van der Waals surface area contributed by atoms with Gasteiger partial charge < -0.3 is 5.11 Å². The van der Waals surface area contributed by atoms with Crippen LogP contribution in [0.15, 0.2) is 12.1 Å². The van der Waals surface area contributed by atoms with E-state index in [1.807, 2.05) is 34.6 Å². The average Bonchev–Trinajstić information content (AvgIpc) is 2.10. The summed E-state index contributed by atoms with van der Waals surface area (Å²) in [6.45, 7) is 9.30. The zero-order valence-electron chi connectivity index (χ0n) is 10.0. The molecule has 0 aromatic heterocycles. The zero-order chi connectivity index (χ0) is 11.8. The van der Waals surface area contributed by atoms with Crippen molar-refractivity contribution < 1.29 is 9.90 Å². The maximum absolute atomic E-state index is 12.0. The Kier molecular flexibility index (Phi) is 2.89. The van der Waals surface area contributed by atoms with Crippen molar-refractivity contribution >= 4 is 5.78 Å². The molecule has 0 heterocycles. The molecule has 0 saturated heterocycles. The van der Waals surface area contributed by atoms with Crippen LogP contribution in [0, 0.1) is 19.3 Å². The lowest BCUT2D eigenvalue weighted by atomic mass is 9.85. The van der Waals surface area contributed by atoms with Crippen molar-refractivity contribution in [3.63, 3.8) is 0 Å². The van der Waals surface area contributed by atoms with Gasteiger partial charge in [-0.05, 0) is 37.1 Å². The van der Waals surface area contributed by atoms with Gasteiger partial charge in [-0.25, -0.2) is 0 Å². The molecule has 2 heteroatoms. The zero-order valence-corrected chi connectivity index (χ0v) is 10.0. The van der Waals surface area contributed by atoms with Gasteiger partial charge in [-0.15, -0.1) is 0 Å². The molecule has 1 aromatic carbocycles. The maximum atomic E-state index is 12.0. The van der Waals surface area contributed by atoms with Gasteiger partial charge in [-0.2, -0.15) is 0 Å². The number of phenolic OH excluding ortho intramolecular Hbond substituents is 1. The molecule has 0 bridgehead atoms. The van der Waals surface area contributed by atoms with Crippen LogP contribution in [-0.2, 0) is 0 Å². The lowest BCUT2D eigenvalue weighted by molar-refractivity contribution is 0.0858. The van der Waals surface area contributed by atoms with Gasteiger partial charge in [0.2, 0.25) is 0 Å². The average molecular weight is 206 g/mol. The molecule has 2 nitrogen and oxygen atoms in total. The fourth-order valence-electron chi connectivity index (χ4n) is 1.52. The number of aryl methyl sites for hydroxylation is 2. The Morgan fingerprint density at radius 3 is 1.87 bits per heavy atom. The highest BCUT2D eigenvalue weighted by Crippen LogP contribution is 2.27. The van der Waals surface area contributed by atoms with Gasteiger partial charge >= 0.3 is 0 Å². The second kappa shape index (κ2) is 3.69. The van der Waals surface area contributed by atoms with Crippen molar-refractivity contribution in [3.8, 4) is 5.75 Å². The summed E-state index contributed by atoms with van der Waals surface area (Å²) >= 11 is 0. The SMILES string of the molecule is Cc1cc(C(=O)C(C)(C)C)cc(C)c1O. The van der Waals surface area contributed by atoms with Crippen molar-refractivity contribution in [3.05, 3.63) is 28.8 Å². The van der Waals surface area contributed by atoms with Crippen LogP contribution in [0.2, 0.25) is 0 Å². The number of hydrogen-bond donors (Lipinski definition) is 1. The number of phenols is 1. The minimum absolute atomic E-state index is 0.105. The van der Waals surface area contributed by atoms with Crippen molar-refractivity contribution in [2.45, 2.75) is 34.6 Å². The van der Waals surface area contributed by atoms with E-state index in [1.54, 1.807) is 12.1 Å². The summed E-state index contributed by atoms with van der Waals surface area (Å²) in [4.78, 5) is 12.0. The predicted octanol–water partition coefficient (Wildman–Crippen LogP) is 3.24. The minimum atomic E-state index is -0.379. The van der Waals surface area contributed by atoms with Crippen LogP contribution in [0.5, 0.6) is 5.75 Å². The Labute approximate surface area is 90.9 Å². The number of rotatable bonds is 1. The van der Waals surface area contributed by atoms with E-state index in [0.29, 0.717) is 5.56 Å². The molecule has 1 aromatic rings. The summed E-state index contributed by atoms with van der Waals surface area (Å²) < 4.78 is 0. The molecule has 0 spiro atoms. The van der Waals surface area contributed by atoms with Crippen molar-refractivity contribution in [1.82, 2.24) is 0 Å². The van der Waals surface area contributed by atoms with Crippen molar-refractivity contribution in [2.24, 2.45) is 5.41 Å². The minimum Gasteiger partial charge on any atom is -0.507 e. The van der Waals surface area contributed by atoms with Gasteiger partial charge in [0.1, 0.15) is 5.75 Å². The van der Waals surface area contributed by atoms with E-state index in [0.717, 1.165) is 11.1 Å². The number of aromatic hydroxyl groups is 1. The molecular formula is C13H18O2. The summed E-state index contributed by atoms with van der Waals surface area (Å²) in [7, 11) is 0. The fraction of sp³-hybridized carbons (Fsp3) is 0.462.